The van der Waals surface area contributed by atoms with Gasteiger partial charge in [0.15, 0.2) is 0 Å². The highest BCUT2D eigenvalue weighted by Gasteiger charge is 2.07. The molecular weight excluding hydrogens is 421 g/mol. The van der Waals surface area contributed by atoms with Crippen molar-refractivity contribution >= 4 is 52.0 Å². The lowest BCUT2D eigenvalue weighted by atomic mass is 10.2. The molecule has 0 fully saturated rings. The second-order valence-corrected chi connectivity index (χ2v) is 7.42. The van der Waals surface area contributed by atoms with Gasteiger partial charge < -0.3 is 10.1 Å². The zero-order valence-electron chi connectivity index (χ0n) is 14.2. The predicted octanol–water partition coefficient (Wildman–Crippen LogP) is 6.69. The van der Waals surface area contributed by atoms with Gasteiger partial charge in [0.25, 0.3) is 0 Å². The molecule has 0 amide bonds. The topological polar surface area (TPSA) is 21.3 Å². The third kappa shape index (κ3) is 5.36. The highest BCUT2D eigenvalue weighted by atomic mass is 35.5. The van der Waals surface area contributed by atoms with Crippen LogP contribution in [0.2, 0.25) is 15.1 Å². The van der Waals surface area contributed by atoms with Crippen LogP contribution in [0.3, 0.4) is 0 Å². The molecule has 0 spiro atoms. The number of nitrogens with one attached hydrogen (secondary N) is 1. The molecule has 27 heavy (non-hydrogen) atoms. The first-order valence-corrected chi connectivity index (χ1v) is 9.76. The van der Waals surface area contributed by atoms with E-state index in [1.165, 1.54) is 0 Å². The quantitative estimate of drug-likeness (QED) is 0.435. The summed E-state index contributed by atoms with van der Waals surface area (Å²) >= 11 is 23.9. The number of benzene rings is 3. The minimum absolute atomic E-state index is 0.299. The molecule has 0 unspecified atom stereocenters. The average molecular weight is 437 g/mol. The molecule has 2 nitrogen and oxygen atoms in total. The van der Waals surface area contributed by atoms with E-state index in [1.807, 2.05) is 48.5 Å². The first-order valence-electron chi connectivity index (χ1n) is 8.22. The zero-order valence-corrected chi connectivity index (χ0v) is 17.3. The average Bonchev–Trinajstić information content (AvgIpc) is 2.67. The Morgan fingerprint density at radius 3 is 2.11 bits per heavy atom. The van der Waals surface area contributed by atoms with Crippen LogP contribution in [-0.4, -0.2) is 4.99 Å². The maximum Gasteiger partial charge on any atom is 0.119 e. The summed E-state index contributed by atoms with van der Waals surface area (Å²) in [7, 11) is 0. The molecule has 0 aliphatic carbocycles. The summed E-state index contributed by atoms with van der Waals surface area (Å²) in [6.45, 7) is 0.870. The van der Waals surface area contributed by atoms with Gasteiger partial charge >= 0.3 is 0 Å². The van der Waals surface area contributed by atoms with Crippen molar-refractivity contribution in [3.8, 4) is 5.75 Å². The monoisotopic (exact) mass is 435 g/mol. The van der Waals surface area contributed by atoms with Crippen LogP contribution in [0.15, 0.2) is 66.7 Å². The molecule has 0 saturated carbocycles. The summed E-state index contributed by atoms with van der Waals surface area (Å²) < 4.78 is 5.78. The van der Waals surface area contributed by atoms with Crippen molar-refractivity contribution in [3.05, 3.63) is 98.5 Å². The number of thiocarbonyl (C=S) groups is 1. The summed E-state index contributed by atoms with van der Waals surface area (Å²) in [6.07, 6.45) is 0. The van der Waals surface area contributed by atoms with Gasteiger partial charge in [-0.05, 0) is 48.0 Å². The van der Waals surface area contributed by atoms with E-state index >= 15 is 0 Å². The molecule has 0 aliphatic heterocycles. The fourth-order valence-corrected chi connectivity index (χ4v) is 3.36. The predicted molar refractivity (Wildman–Crippen MR) is 117 cm³/mol. The summed E-state index contributed by atoms with van der Waals surface area (Å²) in [5.74, 6) is 0.712. The van der Waals surface area contributed by atoms with Crippen molar-refractivity contribution < 1.29 is 4.74 Å². The van der Waals surface area contributed by atoms with Crippen molar-refractivity contribution in [3.63, 3.8) is 0 Å². The highest BCUT2D eigenvalue weighted by molar-refractivity contribution is 7.80. The lowest BCUT2D eigenvalue weighted by molar-refractivity contribution is 0.306. The zero-order chi connectivity index (χ0) is 19.2. The molecule has 0 bridgehead atoms. The lowest BCUT2D eigenvalue weighted by Gasteiger charge is -2.12. The van der Waals surface area contributed by atoms with E-state index in [0.29, 0.717) is 33.9 Å². The largest absolute Gasteiger partial charge is 0.489 e. The highest BCUT2D eigenvalue weighted by Crippen LogP contribution is 2.26. The third-order valence-electron chi connectivity index (χ3n) is 3.96. The van der Waals surface area contributed by atoms with E-state index in [-0.39, 0.29) is 0 Å². The Bertz CT molecular complexity index is 924. The van der Waals surface area contributed by atoms with Crippen LogP contribution in [0.25, 0.3) is 0 Å². The van der Waals surface area contributed by atoms with E-state index in [9.17, 15) is 0 Å². The molecule has 3 aromatic carbocycles. The van der Waals surface area contributed by atoms with Gasteiger partial charge in [-0.15, -0.1) is 0 Å². The molecule has 0 radical (unpaired) electrons. The van der Waals surface area contributed by atoms with Crippen molar-refractivity contribution in [1.29, 1.82) is 0 Å². The third-order valence-corrected chi connectivity index (χ3v) is 5.42. The lowest BCUT2D eigenvalue weighted by Crippen LogP contribution is -2.21. The fourth-order valence-electron chi connectivity index (χ4n) is 2.45. The van der Waals surface area contributed by atoms with Crippen molar-refractivity contribution in [2.45, 2.75) is 13.2 Å². The number of ether oxygens (including phenoxy) is 1. The molecular formula is C21H16Cl3NOS. The Balaban J connectivity index is 1.58. The number of hydrogen-bond acceptors (Lipinski definition) is 2. The molecule has 6 heteroatoms. The van der Waals surface area contributed by atoms with Crippen molar-refractivity contribution in [1.82, 2.24) is 5.32 Å². The minimum atomic E-state index is 0.299. The summed E-state index contributed by atoms with van der Waals surface area (Å²) in [5, 5.41) is 5.11. The van der Waals surface area contributed by atoms with Crippen molar-refractivity contribution in [2.75, 3.05) is 0 Å². The Morgan fingerprint density at radius 2 is 1.44 bits per heavy atom. The van der Waals surface area contributed by atoms with Crippen LogP contribution >= 0.6 is 47.0 Å². The molecule has 0 aromatic heterocycles. The SMILES string of the molecule is S=C(NCc1ccccc1Cl)c1ccc(OCc2c(Cl)cccc2Cl)cc1. The van der Waals surface area contributed by atoms with E-state index < -0.39 is 0 Å². The number of halogens is 3. The first-order chi connectivity index (χ1) is 13.0. The Morgan fingerprint density at radius 1 is 0.815 bits per heavy atom. The number of rotatable bonds is 6. The van der Waals surface area contributed by atoms with Gasteiger partial charge in [0.05, 0.1) is 0 Å². The van der Waals surface area contributed by atoms with E-state index in [0.717, 1.165) is 21.7 Å². The van der Waals surface area contributed by atoms with Crippen LogP contribution in [0.5, 0.6) is 5.75 Å². The first kappa shape index (κ1) is 20.0. The van der Waals surface area contributed by atoms with Gasteiger partial charge in [-0.2, -0.15) is 0 Å². The van der Waals surface area contributed by atoms with E-state index in [4.69, 9.17) is 51.8 Å². The molecule has 0 heterocycles. The fraction of sp³-hybridized carbons (Fsp3) is 0.0952. The molecule has 0 saturated heterocycles. The smallest absolute Gasteiger partial charge is 0.119 e. The van der Waals surface area contributed by atoms with Crippen LogP contribution in [-0.2, 0) is 13.2 Å². The molecule has 0 atom stereocenters. The molecule has 0 aliphatic rings. The minimum Gasteiger partial charge on any atom is -0.489 e. The molecule has 1 N–H and O–H groups in total. The maximum atomic E-state index is 6.16. The van der Waals surface area contributed by atoms with Crippen LogP contribution < -0.4 is 10.1 Å². The van der Waals surface area contributed by atoms with E-state index in [2.05, 4.69) is 5.32 Å². The Hall–Kier alpha value is -1.78. The Labute approximate surface area is 179 Å². The van der Waals surface area contributed by atoms with Gasteiger partial charge in [0.2, 0.25) is 0 Å². The second-order valence-electron chi connectivity index (χ2n) is 5.79. The summed E-state index contributed by atoms with van der Waals surface area (Å²) in [5.41, 5.74) is 2.67. The molecule has 3 aromatic rings. The summed E-state index contributed by atoms with van der Waals surface area (Å²) in [4.78, 5) is 0.649. The molecule has 138 valence electrons. The standard InChI is InChI=1S/C21H16Cl3NOS/c22-18-5-2-1-4-15(18)12-25-21(27)14-8-10-16(11-9-14)26-13-17-19(23)6-3-7-20(17)24/h1-11H,12-13H2,(H,25,27). The number of hydrogen-bond donors (Lipinski definition) is 1. The van der Waals surface area contributed by atoms with Crippen molar-refractivity contribution in [2.24, 2.45) is 0 Å². The van der Waals surface area contributed by atoms with Gasteiger partial charge in [-0.3, -0.25) is 0 Å². The van der Waals surface area contributed by atoms with Gasteiger partial charge in [0, 0.05) is 32.7 Å². The van der Waals surface area contributed by atoms with Crippen LogP contribution in [0.1, 0.15) is 16.7 Å². The van der Waals surface area contributed by atoms with Crippen LogP contribution in [0, 0.1) is 0 Å². The Kier molecular flexibility index (Phi) is 6.97. The van der Waals surface area contributed by atoms with Crippen LogP contribution in [0.4, 0.5) is 0 Å². The maximum absolute atomic E-state index is 6.16. The molecule has 3 rings (SSSR count). The van der Waals surface area contributed by atoms with Gasteiger partial charge in [-0.25, -0.2) is 0 Å². The second kappa shape index (κ2) is 9.43. The van der Waals surface area contributed by atoms with E-state index in [1.54, 1.807) is 18.2 Å². The normalized spacial score (nSPS) is 10.5. The van der Waals surface area contributed by atoms with Gasteiger partial charge in [0.1, 0.15) is 17.3 Å². The van der Waals surface area contributed by atoms with Gasteiger partial charge in [-0.1, -0.05) is 71.3 Å². The summed E-state index contributed by atoms with van der Waals surface area (Å²) in [6, 6.07) is 20.6.